The molecule has 0 bridgehead atoms. The van der Waals surface area contributed by atoms with Crippen molar-refractivity contribution in [3.63, 3.8) is 0 Å². The summed E-state index contributed by atoms with van der Waals surface area (Å²) in [6, 6.07) is 21.1. The van der Waals surface area contributed by atoms with Crippen LogP contribution in [0.2, 0.25) is 5.02 Å². The third kappa shape index (κ3) is 5.55. The van der Waals surface area contributed by atoms with Gasteiger partial charge in [-0.1, -0.05) is 23.7 Å². The second kappa shape index (κ2) is 8.82. The minimum atomic E-state index is -0.441. The van der Waals surface area contributed by atoms with Crippen LogP contribution in [0.15, 0.2) is 77.9 Å². The first-order chi connectivity index (χ1) is 13.1. The molecular formula is C20H16ClN3O3. The molecule has 136 valence electrons. The van der Waals surface area contributed by atoms with Gasteiger partial charge in [0, 0.05) is 17.2 Å². The fourth-order valence-electron chi connectivity index (χ4n) is 2.24. The fourth-order valence-corrected chi connectivity index (χ4v) is 2.36. The van der Waals surface area contributed by atoms with Crippen molar-refractivity contribution in [2.45, 2.75) is 6.61 Å². The van der Waals surface area contributed by atoms with E-state index in [9.17, 15) is 10.1 Å². The molecule has 0 aliphatic heterocycles. The molecule has 0 aromatic heterocycles. The van der Waals surface area contributed by atoms with Crippen LogP contribution in [-0.2, 0) is 6.61 Å². The Balaban J connectivity index is 1.51. The van der Waals surface area contributed by atoms with Crippen molar-refractivity contribution in [1.82, 2.24) is 0 Å². The Morgan fingerprint density at radius 1 is 1.00 bits per heavy atom. The number of anilines is 1. The molecule has 3 aromatic carbocycles. The van der Waals surface area contributed by atoms with Gasteiger partial charge in [0.05, 0.1) is 16.8 Å². The number of hydrogen-bond donors (Lipinski definition) is 1. The maximum Gasteiger partial charge on any atom is 0.269 e. The van der Waals surface area contributed by atoms with Crippen LogP contribution in [0.5, 0.6) is 5.75 Å². The van der Waals surface area contributed by atoms with Gasteiger partial charge in [-0.15, -0.1) is 0 Å². The monoisotopic (exact) mass is 381 g/mol. The van der Waals surface area contributed by atoms with Crippen molar-refractivity contribution >= 4 is 29.2 Å². The van der Waals surface area contributed by atoms with E-state index in [4.69, 9.17) is 16.3 Å². The lowest BCUT2D eigenvalue weighted by Crippen LogP contribution is -1.95. The predicted molar refractivity (Wildman–Crippen MR) is 107 cm³/mol. The smallest absolute Gasteiger partial charge is 0.269 e. The van der Waals surface area contributed by atoms with Crippen LogP contribution in [0.25, 0.3) is 0 Å². The SMILES string of the molecule is O=[N+]([O-])c1ccc(N/N=C/c2ccc(OCc3ccc(Cl)cc3)cc2)cc1. The van der Waals surface area contributed by atoms with E-state index < -0.39 is 4.92 Å². The van der Waals surface area contributed by atoms with Crippen molar-refractivity contribution in [2.24, 2.45) is 5.10 Å². The van der Waals surface area contributed by atoms with Crippen LogP contribution in [0, 0.1) is 10.1 Å². The average molecular weight is 382 g/mol. The number of nitrogens with zero attached hydrogens (tertiary/aromatic N) is 2. The fraction of sp³-hybridized carbons (Fsp3) is 0.0500. The summed E-state index contributed by atoms with van der Waals surface area (Å²) in [6.07, 6.45) is 1.66. The van der Waals surface area contributed by atoms with Gasteiger partial charge in [0.1, 0.15) is 12.4 Å². The van der Waals surface area contributed by atoms with E-state index in [1.54, 1.807) is 18.3 Å². The molecule has 0 aliphatic carbocycles. The van der Waals surface area contributed by atoms with Gasteiger partial charge >= 0.3 is 0 Å². The summed E-state index contributed by atoms with van der Waals surface area (Å²) in [5.74, 6) is 0.755. The Morgan fingerprint density at radius 2 is 1.67 bits per heavy atom. The highest BCUT2D eigenvalue weighted by atomic mass is 35.5. The van der Waals surface area contributed by atoms with Crippen LogP contribution < -0.4 is 10.2 Å². The number of hydrazone groups is 1. The minimum Gasteiger partial charge on any atom is -0.489 e. The lowest BCUT2D eigenvalue weighted by molar-refractivity contribution is -0.384. The minimum absolute atomic E-state index is 0.0405. The lowest BCUT2D eigenvalue weighted by Gasteiger charge is -2.06. The first-order valence-corrected chi connectivity index (χ1v) is 8.49. The standard InChI is InChI=1S/C20H16ClN3O3/c21-17-5-1-16(2-6-17)14-27-20-11-3-15(4-12-20)13-22-23-18-7-9-19(10-8-18)24(25)26/h1-13,23H,14H2/b22-13+. The van der Waals surface area contributed by atoms with E-state index in [2.05, 4.69) is 10.5 Å². The van der Waals surface area contributed by atoms with Crippen molar-refractivity contribution in [1.29, 1.82) is 0 Å². The van der Waals surface area contributed by atoms with Crippen LogP contribution in [0.3, 0.4) is 0 Å². The van der Waals surface area contributed by atoms with E-state index in [0.29, 0.717) is 17.3 Å². The van der Waals surface area contributed by atoms with Gasteiger partial charge in [0.15, 0.2) is 0 Å². The molecule has 0 amide bonds. The first kappa shape index (κ1) is 18.4. The molecular weight excluding hydrogens is 366 g/mol. The highest BCUT2D eigenvalue weighted by Gasteiger charge is 2.03. The number of nitrogens with one attached hydrogen (secondary N) is 1. The maximum absolute atomic E-state index is 10.6. The number of rotatable bonds is 7. The molecule has 0 atom stereocenters. The molecule has 0 unspecified atom stereocenters. The van der Waals surface area contributed by atoms with Crippen molar-refractivity contribution in [3.05, 3.63) is 99.1 Å². The van der Waals surface area contributed by atoms with E-state index in [1.165, 1.54) is 12.1 Å². The van der Waals surface area contributed by atoms with Crippen LogP contribution in [0.4, 0.5) is 11.4 Å². The van der Waals surface area contributed by atoms with Gasteiger partial charge in [0.2, 0.25) is 0 Å². The highest BCUT2D eigenvalue weighted by Crippen LogP contribution is 2.16. The van der Waals surface area contributed by atoms with Crippen LogP contribution in [-0.4, -0.2) is 11.1 Å². The summed E-state index contributed by atoms with van der Waals surface area (Å²) in [5.41, 5.74) is 5.47. The summed E-state index contributed by atoms with van der Waals surface area (Å²) in [7, 11) is 0. The zero-order valence-electron chi connectivity index (χ0n) is 14.2. The van der Waals surface area contributed by atoms with E-state index in [1.807, 2.05) is 48.5 Å². The molecule has 0 heterocycles. The van der Waals surface area contributed by atoms with Gasteiger partial charge in [-0.05, 0) is 59.7 Å². The third-order valence-corrected chi connectivity index (χ3v) is 3.94. The number of halogens is 1. The number of hydrogen-bond acceptors (Lipinski definition) is 5. The Bertz CT molecular complexity index is 924. The third-order valence-electron chi connectivity index (χ3n) is 3.68. The molecule has 6 nitrogen and oxygen atoms in total. The van der Waals surface area contributed by atoms with Crippen molar-refractivity contribution in [2.75, 3.05) is 5.43 Å². The molecule has 3 rings (SSSR count). The molecule has 7 heteroatoms. The first-order valence-electron chi connectivity index (χ1n) is 8.11. The topological polar surface area (TPSA) is 76.8 Å². The number of nitro groups is 1. The summed E-state index contributed by atoms with van der Waals surface area (Å²) in [4.78, 5) is 10.2. The molecule has 0 spiro atoms. The molecule has 0 radical (unpaired) electrons. The van der Waals surface area contributed by atoms with Crippen molar-refractivity contribution in [3.8, 4) is 5.75 Å². The summed E-state index contributed by atoms with van der Waals surface area (Å²) in [5, 5.41) is 15.4. The molecule has 0 saturated carbocycles. The molecule has 0 saturated heterocycles. The van der Waals surface area contributed by atoms with E-state index in [0.717, 1.165) is 16.9 Å². The number of benzene rings is 3. The Morgan fingerprint density at radius 3 is 2.30 bits per heavy atom. The summed E-state index contributed by atoms with van der Waals surface area (Å²) in [6.45, 7) is 0.465. The van der Waals surface area contributed by atoms with Gasteiger partial charge < -0.3 is 4.74 Å². The van der Waals surface area contributed by atoms with Gasteiger partial charge in [0.25, 0.3) is 5.69 Å². The molecule has 27 heavy (non-hydrogen) atoms. The Hall–Kier alpha value is -3.38. The van der Waals surface area contributed by atoms with E-state index >= 15 is 0 Å². The predicted octanol–water partition coefficient (Wildman–Crippen LogP) is 5.27. The lowest BCUT2D eigenvalue weighted by atomic mass is 10.2. The Kier molecular flexibility index (Phi) is 6.02. The normalized spacial score (nSPS) is 10.7. The molecule has 0 fully saturated rings. The highest BCUT2D eigenvalue weighted by molar-refractivity contribution is 6.30. The Labute approximate surface area is 161 Å². The molecule has 3 aromatic rings. The van der Waals surface area contributed by atoms with Gasteiger partial charge in [-0.25, -0.2) is 0 Å². The zero-order chi connectivity index (χ0) is 19.1. The maximum atomic E-state index is 10.6. The van der Waals surface area contributed by atoms with Crippen molar-refractivity contribution < 1.29 is 9.66 Å². The van der Waals surface area contributed by atoms with Gasteiger partial charge in [-0.3, -0.25) is 15.5 Å². The molecule has 1 N–H and O–H groups in total. The van der Waals surface area contributed by atoms with Gasteiger partial charge in [-0.2, -0.15) is 5.10 Å². The zero-order valence-corrected chi connectivity index (χ0v) is 15.0. The second-order valence-electron chi connectivity index (χ2n) is 5.66. The molecule has 0 aliphatic rings. The number of nitro benzene ring substituents is 1. The number of non-ortho nitro benzene ring substituents is 1. The summed E-state index contributed by atoms with van der Waals surface area (Å²) < 4.78 is 5.73. The quantitative estimate of drug-likeness (QED) is 0.343. The van der Waals surface area contributed by atoms with E-state index in [-0.39, 0.29) is 5.69 Å². The van der Waals surface area contributed by atoms with Crippen LogP contribution in [0.1, 0.15) is 11.1 Å². The largest absolute Gasteiger partial charge is 0.489 e. The second-order valence-corrected chi connectivity index (χ2v) is 6.09. The number of ether oxygens (including phenoxy) is 1. The summed E-state index contributed by atoms with van der Waals surface area (Å²) >= 11 is 5.86. The van der Waals surface area contributed by atoms with Crippen LogP contribution >= 0.6 is 11.6 Å². The average Bonchev–Trinajstić information content (AvgIpc) is 2.69.